The van der Waals surface area contributed by atoms with E-state index in [-0.39, 0.29) is 17.4 Å². The van der Waals surface area contributed by atoms with E-state index in [0.29, 0.717) is 24.3 Å². The lowest BCUT2D eigenvalue weighted by atomic mass is 10.0. The first-order valence-corrected chi connectivity index (χ1v) is 8.29. The average molecular weight is 299 g/mol. The van der Waals surface area contributed by atoms with Gasteiger partial charge in [0.2, 0.25) is 10.0 Å². The number of hydrogen-bond donors (Lipinski definition) is 2. The van der Waals surface area contributed by atoms with Crippen molar-refractivity contribution in [3.63, 3.8) is 0 Å². The summed E-state index contributed by atoms with van der Waals surface area (Å²) in [6.45, 7) is 3.32. The summed E-state index contributed by atoms with van der Waals surface area (Å²) in [5, 5.41) is 9.21. The van der Waals surface area contributed by atoms with Crippen LogP contribution in [0.15, 0.2) is 23.1 Å². The molecular weight excluding hydrogens is 278 g/mol. The molecule has 1 unspecified atom stereocenters. The Morgan fingerprint density at radius 1 is 1.45 bits per heavy atom. The van der Waals surface area contributed by atoms with Gasteiger partial charge in [-0.15, -0.1) is 0 Å². The zero-order valence-electron chi connectivity index (χ0n) is 11.6. The molecule has 0 aliphatic carbocycles. The second kappa shape index (κ2) is 6.67. The maximum absolute atomic E-state index is 12.3. The number of aliphatic hydroxyl groups excluding tert-OH is 1. The van der Waals surface area contributed by atoms with Gasteiger partial charge in [0.15, 0.2) is 0 Å². The van der Waals surface area contributed by atoms with E-state index in [1.807, 2.05) is 0 Å². The van der Waals surface area contributed by atoms with Crippen LogP contribution in [0.4, 0.5) is 0 Å². The Morgan fingerprint density at radius 3 is 2.90 bits per heavy atom. The molecule has 6 heteroatoms. The minimum atomic E-state index is -3.54. The average Bonchev–Trinajstić information content (AvgIpc) is 2.46. The second-order valence-electron chi connectivity index (χ2n) is 5.13. The molecule has 0 spiro atoms. The maximum atomic E-state index is 12.3. The molecule has 1 saturated heterocycles. The maximum Gasteiger partial charge on any atom is 0.240 e. The molecule has 0 aromatic heterocycles. The van der Waals surface area contributed by atoms with Crippen LogP contribution in [-0.2, 0) is 21.4 Å². The molecule has 1 fully saturated rings. The van der Waals surface area contributed by atoms with Crippen LogP contribution >= 0.6 is 0 Å². The quantitative estimate of drug-likeness (QED) is 0.856. The second-order valence-corrected chi connectivity index (χ2v) is 6.87. The van der Waals surface area contributed by atoms with Crippen molar-refractivity contribution < 1.29 is 18.3 Å². The van der Waals surface area contributed by atoms with Crippen molar-refractivity contribution in [3.8, 4) is 0 Å². The van der Waals surface area contributed by atoms with Crippen LogP contribution in [0.25, 0.3) is 0 Å². The van der Waals surface area contributed by atoms with Gasteiger partial charge in [-0.05, 0) is 42.9 Å². The Labute approximate surface area is 120 Å². The van der Waals surface area contributed by atoms with Gasteiger partial charge in [-0.2, -0.15) is 0 Å². The summed E-state index contributed by atoms with van der Waals surface area (Å²) < 4.78 is 32.7. The van der Waals surface area contributed by atoms with Gasteiger partial charge in [-0.1, -0.05) is 12.1 Å². The van der Waals surface area contributed by atoms with E-state index in [4.69, 9.17) is 4.74 Å². The zero-order valence-corrected chi connectivity index (χ0v) is 12.4. The minimum absolute atomic E-state index is 0.161. The van der Waals surface area contributed by atoms with Crippen LogP contribution in [0.5, 0.6) is 0 Å². The number of ether oxygens (including phenoxy) is 1. The van der Waals surface area contributed by atoms with E-state index in [1.54, 1.807) is 25.1 Å². The van der Waals surface area contributed by atoms with Gasteiger partial charge in [0.25, 0.3) is 0 Å². The number of aliphatic hydroxyl groups is 1. The van der Waals surface area contributed by atoms with Crippen LogP contribution in [0.2, 0.25) is 0 Å². The summed E-state index contributed by atoms with van der Waals surface area (Å²) in [5.74, 6) is 0.236. The molecule has 0 saturated carbocycles. The van der Waals surface area contributed by atoms with Gasteiger partial charge in [-0.25, -0.2) is 13.1 Å². The van der Waals surface area contributed by atoms with E-state index >= 15 is 0 Å². The fourth-order valence-corrected chi connectivity index (χ4v) is 3.80. The largest absolute Gasteiger partial charge is 0.392 e. The van der Waals surface area contributed by atoms with Crippen molar-refractivity contribution >= 4 is 10.0 Å². The van der Waals surface area contributed by atoms with Crippen LogP contribution in [-0.4, -0.2) is 33.3 Å². The molecule has 1 aromatic rings. The SMILES string of the molecule is Cc1c(CO)cccc1S(=O)(=O)NCC1CCCOC1. The minimum Gasteiger partial charge on any atom is -0.392 e. The Hall–Kier alpha value is -0.950. The topological polar surface area (TPSA) is 75.6 Å². The summed E-state index contributed by atoms with van der Waals surface area (Å²) >= 11 is 0. The molecule has 1 heterocycles. The highest BCUT2D eigenvalue weighted by molar-refractivity contribution is 7.89. The third-order valence-electron chi connectivity index (χ3n) is 3.67. The first-order valence-electron chi connectivity index (χ1n) is 6.81. The number of hydrogen-bond acceptors (Lipinski definition) is 4. The van der Waals surface area contributed by atoms with Gasteiger partial charge in [0.05, 0.1) is 18.1 Å². The Bertz CT molecular complexity index is 550. The lowest BCUT2D eigenvalue weighted by Gasteiger charge is -2.22. The smallest absolute Gasteiger partial charge is 0.240 e. The number of nitrogens with one attached hydrogen (secondary N) is 1. The third-order valence-corrected chi connectivity index (χ3v) is 5.24. The number of benzene rings is 1. The van der Waals surface area contributed by atoms with Crippen molar-refractivity contribution in [2.45, 2.75) is 31.3 Å². The highest BCUT2D eigenvalue weighted by Gasteiger charge is 2.21. The lowest BCUT2D eigenvalue weighted by Crippen LogP contribution is -2.33. The van der Waals surface area contributed by atoms with Gasteiger partial charge >= 0.3 is 0 Å². The van der Waals surface area contributed by atoms with Crippen LogP contribution < -0.4 is 4.72 Å². The summed E-state index contributed by atoms with van der Waals surface area (Å²) in [6.07, 6.45) is 1.96. The number of rotatable bonds is 5. The highest BCUT2D eigenvalue weighted by atomic mass is 32.2. The third kappa shape index (κ3) is 3.58. The fraction of sp³-hybridized carbons (Fsp3) is 0.571. The van der Waals surface area contributed by atoms with E-state index in [9.17, 15) is 13.5 Å². The molecule has 0 bridgehead atoms. The summed E-state index contributed by atoms with van der Waals surface area (Å²) in [5.41, 5.74) is 1.23. The molecule has 0 radical (unpaired) electrons. The van der Waals surface area contributed by atoms with E-state index < -0.39 is 10.0 Å². The van der Waals surface area contributed by atoms with Crippen LogP contribution in [0.3, 0.4) is 0 Å². The van der Waals surface area contributed by atoms with Crippen molar-refractivity contribution in [1.29, 1.82) is 0 Å². The van der Waals surface area contributed by atoms with E-state index in [1.165, 1.54) is 0 Å². The standard InChI is InChI=1S/C14H21NO4S/c1-11-13(9-16)5-2-6-14(11)20(17,18)15-8-12-4-3-7-19-10-12/h2,5-6,12,15-16H,3-4,7-10H2,1H3. The summed E-state index contributed by atoms with van der Waals surface area (Å²) in [7, 11) is -3.54. The Morgan fingerprint density at radius 2 is 2.25 bits per heavy atom. The van der Waals surface area contributed by atoms with Crippen LogP contribution in [0, 0.1) is 12.8 Å². The molecule has 1 aliphatic heterocycles. The van der Waals surface area contributed by atoms with Crippen LogP contribution in [0.1, 0.15) is 24.0 Å². The van der Waals surface area contributed by atoms with Crippen molar-refractivity contribution in [2.75, 3.05) is 19.8 Å². The zero-order chi connectivity index (χ0) is 14.6. The van der Waals surface area contributed by atoms with Gasteiger partial charge < -0.3 is 9.84 Å². The molecule has 112 valence electrons. The predicted octanol–water partition coefficient (Wildman–Crippen LogP) is 1.19. The Kier molecular flexibility index (Phi) is 5.15. The van der Waals surface area contributed by atoms with Gasteiger partial charge in [-0.3, -0.25) is 0 Å². The predicted molar refractivity (Wildman–Crippen MR) is 75.8 cm³/mol. The molecule has 2 N–H and O–H groups in total. The van der Waals surface area contributed by atoms with Gasteiger partial charge in [0, 0.05) is 13.2 Å². The molecule has 0 amide bonds. The van der Waals surface area contributed by atoms with Crippen molar-refractivity contribution in [2.24, 2.45) is 5.92 Å². The molecule has 5 nitrogen and oxygen atoms in total. The highest BCUT2D eigenvalue weighted by Crippen LogP contribution is 2.20. The monoisotopic (exact) mass is 299 g/mol. The number of sulfonamides is 1. The Balaban J connectivity index is 2.10. The molecule has 20 heavy (non-hydrogen) atoms. The normalized spacial score (nSPS) is 20.0. The fourth-order valence-electron chi connectivity index (χ4n) is 2.40. The van der Waals surface area contributed by atoms with Crippen molar-refractivity contribution in [3.05, 3.63) is 29.3 Å². The molecular formula is C14H21NO4S. The molecule has 1 aliphatic rings. The molecule has 1 atom stereocenters. The first-order chi connectivity index (χ1) is 9.54. The van der Waals surface area contributed by atoms with E-state index in [0.717, 1.165) is 19.4 Å². The molecule has 1 aromatic carbocycles. The van der Waals surface area contributed by atoms with Crippen molar-refractivity contribution in [1.82, 2.24) is 4.72 Å². The summed E-state index contributed by atoms with van der Waals surface area (Å²) in [4.78, 5) is 0.237. The lowest BCUT2D eigenvalue weighted by molar-refractivity contribution is 0.0568. The summed E-state index contributed by atoms with van der Waals surface area (Å²) in [6, 6.07) is 4.94. The van der Waals surface area contributed by atoms with Gasteiger partial charge in [0.1, 0.15) is 0 Å². The first kappa shape index (κ1) is 15.4. The van der Waals surface area contributed by atoms with E-state index in [2.05, 4.69) is 4.72 Å². The molecule has 2 rings (SSSR count).